The molecule has 0 radical (unpaired) electrons. The Morgan fingerprint density at radius 1 is 1.06 bits per heavy atom. The first-order valence-corrected chi connectivity index (χ1v) is 12.2. The lowest BCUT2D eigenvalue weighted by atomic mass is 10.1. The van der Waals surface area contributed by atoms with Crippen LogP contribution in [-0.2, 0) is 24.4 Å². The molecule has 0 spiro atoms. The number of ether oxygens (including phenoxy) is 2. The van der Waals surface area contributed by atoms with Gasteiger partial charge in [-0.3, -0.25) is 14.7 Å². The molecular formula is C25H23ClN2O3S2. The number of rotatable bonds is 9. The second-order valence-corrected chi connectivity index (χ2v) is 9.77. The summed E-state index contributed by atoms with van der Waals surface area (Å²) in [5, 5.41) is 0.410. The van der Waals surface area contributed by atoms with Crippen molar-refractivity contribution < 1.29 is 14.3 Å². The van der Waals surface area contributed by atoms with Crippen LogP contribution in [0.4, 0.5) is 0 Å². The molecule has 1 atom stereocenters. The molecule has 2 aromatic carbocycles. The monoisotopic (exact) mass is 498 g/mol. The number of amides is 1. The molecule has 4 rings (SSSR count). The van der Waals surface area contributed by atoms with Crippen LogP contribution in [-0.4, -0.2) is 32.0 Å². The van der Waals surface area contributed by atoms with Gasteiger partial charge in [0.15, 0.2) is 11.5 Å². The van der Waals surface area contributed by atoms with Crippen molar-refractivity contribution >= 4 is 45.8 Å². The molecular weight excluding hydrogens is 476 g/mol. The Labute approximate surface area is 208 Å². The van der Waals surface area contributed by atoms with Crippen LogP contribution in [0.3, 0.4) is 0 Å². The van der Waals surface area contributed by atoms with Crippen molar-refractivity contribution in [2.45, 2.75) is 31.7 Å². The summed E-state index contributed by atoms with van der Waals surface area (Å²) in [5.74, 6) is 1.33. The van der Waals surface area contributed by atoms with E-state index in [1.54, 1.807) is 17.3 Å². The van der Waals surface area contributed by atoms with Crippen molar-refractivity contribution in [2.24, 2.45) is 0 Å². The Hall–Kier alpha value is -2.61. The van der Waals surface area contributed by atoms with Crippen molar-refractivity contribution in [3.63, 3.8) is 0 Å². The number of thiocarbonyl (C=S) groups is 1. The lowest BCUT2D eigenvalue weighted by Gasteiger charge is -2.16. The first kappa shape index (κ1) is 23.5. The van der Waals surface area contributed by atoms with Gasteiger partial charge < -0.3 is 9.47 Å². The second-order valence-electron chi connectivity index (χ2n) is 7.49. The van der Waals surface area contributed by atoms with Gasteiger partial charge in [-0.05, 0) is 60.4 Å². The summed E-state index contributed by atoms with van der Waals surface area (Å²) < 4.78 is 12.4. The van der Waals surface area contributed by atoms with Gasteiger partial charge in [0, 0.05) is 17.4 Å². The lowest BCUT2D eigenvalue weighted by Crippen LogP contribution is -2.31. The summed E-state index contributed by atoms with van der Waals surface area (Å²) in [7, 11) is 0. The number of halogens is 1. The summed E-state index contributed by atoms with van der Waals surface area (Å²) in [6, 6.07) is 17.2. The predicted octanol–water partition coefficient (Wildman–Crippen LogP) is 5.68. The van der Waals surface area contributed by atoms with E-state index in [1.165, 1.54) is 11.8 Å². The molecule has 0 aliphatic carbocycles. The predicted molar refractivity (Wildman–Crippen MR) is 136 cm³/mol. The van der Waals surface area contributed by atoms with E-state index in [4.69, 9.17) is 33.3 Å². The quantitative estimate of drug-likeness (QED) is 0.353. The van der Waals surface area contributed by atoms with E-state index < -0.39 is 0 Å². The molecule has 1 aliphatic rings. The van der Waals surface area contributed by atoms with Crippen molar-refractivity contribution in [1.29, 1.82) is 0 Å². The SMILES string of the molecule is CCOc1cc(C[C@H]2SC(=S)N(Cc3cccnc3)C2=O)ccc1OCc1cccc(Cl)c1. The van der Waals surface area contributed by atoms with Crippen LogP contribution in [0.1, 0.15) is 23.6 Å². The molecule has 1 saturated heterocycles. The largest absolute Gasteiger partial charge is 0.490 e. The highest BCUT2D eigenvalue weighted by Gasteiger charge is 2.36. The normalized spacial score (nSPS) is 15.7. The number of carbonyl (C=O) groups excluding carboxylic acids is 1. The first-order valence-electron chi connectivity index (χ1n) is 10.6. The van der Waals surface area contributed by atoms with E-state index in [1.807, 2.05) is 61.5 Å². The summed E-state index contributed by atoms with van der Waals surface area (Å²) >= 11 is 13.0. The van der Waals surface area contributed by atoms with Crippen LogP contribution in [0.25, 0.3) is 0 Å². The van der Waals surface area contributed by atoms with Crippen LogP contribution in [0.15, 0.2) is 67.0 Å². The highest BCUT2D eigenvalue weighted by molar-refractivity contribution is 8.24. The number of pyridine rings is 1. The Bertz CT molecular complexity index is 1140. The van der Waals surface area contributed by atoms with Gasteiger partial charge in [-0.15, -0.1) is 0 Å². The zero-order valence-corrected chi connectivity index (χ0v) is 20.5. The standard InChI is InChI=1S/C25H23ClN2O3S2/c1-2-30-22-12-17(8-9-21(22)31-16-18-5-3-7-20(26)11-18)13-23-24(29)28(25(32)33-23)15-19-6-4-10-27-14-19/h3-12,14,23H,2,13,15-16H2,1H3/t23-/m1/s1. The number of carbonyl (C=O) groups is 1. The zero-order valence-electron chi connectivity index (χ0n) is 18.1. The number of hydrogen-bond donors (Lipinski definition) is 0. The molecule has 1 aromatic heterocycles. The number of nitrogens with zero attached hydrogens (tertiary/aromatic N) is 2. The second kappa shape index (κ2) is 11.0. The molecule has 0 saturated carbocycles. The molecule has 5 nitrogen and oxygen atoms in total. The molecule has 2 heterocycles. The van der Waals surface area contributed by atoms with Gasteiger partial charge in [-0.2, -0.15) is 0 Å². The van der Waals surface area contributed by atoms with E-state index in [9.17, 15) is 4.79 Å². The minimum absolute atomic E-state index is 0.0214. The molecule has 1 fully saturated rings. The maximum Gasteiger partial charge on any atom is 0.242 e. The molecule has 0 unspecified atom stereocenters. The molecule has 0 bridgehead atoms. The van der Waals surface area contributed by atoms with Crippen molar-refractivity contribution in [1.82, 2.24) is 9.88 Å². The van der Waals surface area contributed by atoms with Crippen LogP contribution in [0.5, 0.6) is 11.5 Å². The number of benzene rings is 2. The Morgan fingerprint density at radius 3 is 2.67 bits per heavy atom. The average molecular weight is 499 g/mol. The maximum absolute atomic E-state index is 13.0. The summed E-state index contributed by atoms with van der Waals surface area (Å²) in [6.45, 7) is 3.26. The van der Waals surface area contributed by atoms with Crippen LogP contribution in [0.2, 0.25) is 5.02 Å². The minimum atomic E-state index is -0.262. The maximum atomic E-state index is 13.0. The van der Waals surface area contributed by atoms with Crippen molar-refractivity contribution in [2.75, 3.05) is 6.61 Å². The Morgan fingerprint density at radius 2 is 1.91 bits per heavy atom. The fourth-order valence-corrected chi connectivity index (χ4v) is 5.26. The summed E-state index contributed by atoms with van der Waals surface area (Å²) in [5.41, 5.74) is 2.92. The van der Waals surface area contributed by atoms with Gasteiger partial charge in [0.1, 0.15) is 10.9 Å². The van der Waals surface area contributed by atoms with Gasteiger partial charge in [0.2, 0.25) is 5.91 Å². The molecule has 8 heteroatoms. The number of hydrogen-bond acceptors (Lipinski definition) is 6. The minimum Gasteiger partial charge on any atom is -0.490 e. The fraction of sp³-hybridized carbons (Fsp3) is 0.240. The van der Waals surface area contributed by atoms with E-state index in [2.05, 4.69) is 4.98 Å². The van der Waals surface area contributed by atoms with Crippen LogP contribution in [0, 0.1) is 0 Å². The van der Waals surface area contributed by atoms with E-state index >= 15 is 0 Å². The Kier molecular flexibility index (Phi) is 7.85. The average Bonchev–Trinajstić information content (AvgIpc) is 3.07. The van der Waals surface area contributed by atoms with Gasteiger partial charge in [-0.25, -0.2) is 0 Å². The van der Waals surface area contributed by atoms with Crippen molar-refractivity contribution in [3.05, 3.63) is 88.7 Å². The molecule has 1 amide bonds. The smallest absolute Gasteiger partial charge is 0.242 e. The molecule has 0 N–H and O–H groups in total. The molecule has 170 valence electrons. The van der Waals surface area contributed by atoms with Crippen LogP contribution >= 0.6 is 35.6 Å². The zero-order chi connectivity index (χ0) is 23.2. The third-order valence-corrected chi connectivity index (χ3v) is 6.90. The summed E-state index contributed by atoms with van der Waals surface area (Å²) in [4.78, 5) is 18.8. The molecule has 1 aliphatic heterocycles. The van der Waals surface area contributed by atoms with Crippen LogP contribution < -0.4 is 9.47 Å². The molecule has 3 aromatic rings. The summed E-state index contributed by atoms with van der Waals surface area (Å²) in [6.07, 6.45) is 4.02. The van der Waals surface area contributed by atoms with E-state index in [0.717, 1.165) is 16.7 Å². The van der Waals surface area contributed by atoms with E-state index in [0.29, 0.717) is 47.0 Å². The fourth-order valence-electron chi connectivity index (χ4n) is 3.51. The molecule has 33 heavy (non-hydrogen) atoms. The Balaban J connectivity index is 1.44. The van der Waals surface area contributed by atoms with Gasteiger partial charge >= 0.3 is 0 Å². The van der Waals surface area contributed by atoms with Gasteiger partial charge in [-0.1, -0.05) is 59.8 Å². The third kappa shape index (κ3) is 6.05. The van der Waals surface area contributed by atoms with Gasteiger partial charge in [0.25, 0.3) is 0 Å². The highest BCUT2D eigenvalue weighted by Crippen LogP contribution is 2.34. The number of aromatic nitrogens is 1. The third-order valence-electron chi connectivity index (χ3n) is 5.08. The van der Waals surface area contributed by atoms with Gasteiger partial charge in [0.05, 0.1) is 18.4 Å². The van der Waals surface area contributed by atoms with Crippen molar-refractivity contribution in [3.8, 4) is 11.5 Å². The lowest BCUT2D eigenvalue weighted by molar-refractivity contribution is -0.126. The van der Waals surface area contributed by atoms with E-state index in [-0.39, 0.29) is 11.2 Å². The topological polar surface area (TPSA) is 51.7 Å². The highest BCUT2D eigenvalue weighted by atomic mass is 35.5. The first-order chi connectivity index (χ1) is 16.0. The number of thioether (sulfide) groups is 1.